The van der Waals surface area contributed by atoms with Gasteiger partial charge in [0.05, 0.1) is 6.20 Å². The third-order valence-electron chi connectivity index (χ3n) is 4.36. The van der Waals surface area contributed by atoms with E-state index in [0.29, 0.717) is 18.5 Å². The molecule has 0 bridgehead atoms. The summed E-state index contributed by atoms with van der Waals surface area (Å²) in [6.45, 7) is 12.5. The molecule has 2 atom stereocenters. The van der Waals surface area contributed by atoms with Crippen LogP contribution >= 0.6 is 0 Å². The van der Waals surface area contributed by atoms with Gasteiger partial charge < -0.3 is 10.2 Å². The molecule has 1 fully saturated rings. The first-order valence-electron chi connectivity index (χ1n) is 7.94. The van der Waals surface area contributed by atoms with Crippen molar-refractivity contribution in [3.05, 3.63) is 23.6 Å². The van der Waals surface area contributed by atoms with Gasteiger partial charge >= 0.3 is 0 Å². The topological polar surface area (TPSA) is 28.2 Å². The van der Waals surface area contributed by atoms with E-state index in [0.717, 1.165) is 17.9 Å². The lowest BCUT2D eigenvalue weighted by Crippen LogP contribution is -2.44. The summed E-state index contributed by atoms with van der Waals surface area (Å²) >= 11 is 0. The molecule has 1 aromatic heterocycles. The van der Waals surface area contributed by atoms with Crippen LogP contribution in [0.15, 0.2) is 12.3 Å². The molecule has 0 radical (unpaired) electrons. The number of halogens is 1. The maximum atomic E-state index is 13.6. The van der Waals surface area contributed by atoms with Crippen LogP contribution in [0.2, 0.25) is 0 Å². The van der Waals surface area contributed by atoms with Crippen molar-refractivity contribution in [3.8, 4) is 0 Å². The Morgan fingerprint density at radius 2 is 2.10 bits per heavy atom. The molecule has 2 unspecified atom stereocenters. The molecule has 4 heteroatoms. The van der Waals surface area contributed by atoms with Gasteiger partial charge in [0, 0.05) is 30.2 Å². The third-order valence-corrected chi connectivity index (χ3v) is 4.36. The van der Waals surface area contributed by atoms with E-state index in [4.69, 9.17) is 0 Å². The second-order valence-corrected chi connectivity index (χ2v) is 7.29. The summed E-state index contributed by atoms with van der Waals surface area (Å²) in [7, 11) is 0. The Morgan fingerprint density at radius 1 is 1.38 bits per heavy atom. The van der Waals surface area contributed by atoms with Gasteiger partial charge in [0.1, 0.15) is 11.6 Å². The molecule has 1 saturated heterocycles. The molecule has 1 aliphatic rings. The van der Waals surface area contributed by atoms with Gasteiger partial charge in [-0.1, -0.05) is 6.92 Å². The number of piperidine rings is 1. The maximum Gasteiger partial charge on any atom is 0.141 e. The van der Waals surface area contributed by atoms with Gasteiger partial charge in [-0.25, -0.2) is 9.37 Å². The number of pyridine rings is 1. The van der Waals surface area contributed by atoms with Gasteiger partial charge in [-0.3, -0.25) is 0 Å². The van der Waals surface area contributed by atoms with E-state index < -0.39 is 0 Å². The Labute approximate surface area is 127 Å². The molecule has 0 amide bonds. The van der Waals surface area contributed by atoms with E-state index in [-0.39, 0.29) is 11.4 Å². The van der Waals surface area contributed by atoms with E-state index >= 15 is 0 Å². The second kappa shape index (κ2) is 6.30. The van der Waals surface area contributed by atoms with Crippen LogP contribution in [0, 0.1) is 11.7 Å². The first-order valence-corrected chi connectivity index (χ1v) is 7.94. The molecule has 2 rings (SSSR count). The van der Waals surface area contributed by atoms with Crippen molar-refractivity contribution in [1.29, 1.82) is 0 Å². The van der Waals surface area contributed by atoms with Crippen LogP contribution in [0.1, 0.15) is 53.0 Å². The lowest BCUT2D eigenvalue weighted by Gasteiger charge is -2.39. The number of anilines is 1. The SMILES string of the molecule is CC1CCCN(c2ncc(F)cc2CNC(C)(C)C)C1C. The first kappa shape index (κ1) is 16.2. The lowest BCUT2D eigenvalue weighted by molar-refractivity contribution is 0.359. The number of rotatable bonds is 3. The van der Waals surface area contributed by atoms with Crippen LogP contribution in [-0.2, 0) is 6.54 Å². The van der Waals surface area contributed by atoms with Gasteiger partial charge in [-0.15, -0.1) is 0 Å². The van der Waals surface area contributed by atoms with Gasteiger partial charge in [0.25, 0.3) is 0 Å². The summed E-state index contributed by atoms with van der Waals surface area (Å²) in [6, 6.07) is 2.07. The molecule has 21 heavy (non-hydrogen) atoms. The monoisotopic (exact) mass is 293 g/mol. The highest BCUT2D eigenvalue weighted by Crippen LogP contribution is 2.29. The van der Waals surface area contributed by atoms with Crippen LogP contribution < -0.4 is 10.2 Å². The molecule has 118 valence electrons. The van der Waals surface area contributed by atoms with Crippen LogP contribution in [-0.4, -0.2) is 23.1 Å². The normalized spacial score (nSPS) is 23.4. The number of aromatic nitrogens is 1. The van der Waals surface area contributed by atoms with Crippen molar-refractivity contribution >= 4 is 5.82 Å². The highest BCUT2D eigenvalue weighted by molar-refractivity contribution is 5.48. The number of nitrogens with one attached hydrogen (secondary N) is 1. The third kappa shape index (κ3) is 4.16. The van der Waals surface area contributed by atoms with Crippen molar-refractivity contribution in [3.63, 3.8) is 0 Å². The largest absolute Gasteiger partial charge is 0.353 e. The van der Waals surface area contributed by atoms with E-state index in [1.165, 1.54) is 19.0 Å². The van der Waals surface area contributed by atoms with Gasteiger partial charge in [-0.2, -0.15) is 0 Å². The van der Waals surface area contributed by atoms with Crippen LogP contribution in [0.5, 0.6) is 0 Å². The van der Waals surface area contributed by atoms with Gasteiger partial charge in [0.2, 0.25) is 0 Å². The van der Waals surface area contributed by atoms with Crippen molar-refractivity contribution in [2.75, 3.05) is 11.4 Å². The fraction of sp³-hybridized carbons (Fsp3) is 0.706. The van der Waals surface area contributed by atoms with E-state index in [1.54, 1.807) is 6.07 Å². The molecule has 1 N–H and O–H groups in total. The Bertz CT molecular complexity index is 481. The quantitative estimate of drug-likeness (QED) is 0.920. The minimum Gasteiger partial charge on any atom is -0.353 e. The molecule has 0 spiro atoms. The Hall–Kier alpha value is -1.16. The van der Waals surface area contributed by atoms with E-state index in [2.05, 4.69) is 49.8 Å². The van der Waals surface area contributed by atoms with Crippen LogP contribution in [0.25, 0.3) is 0 Å². The molecule has 0 saturated carbocycles. The fourth-order valence-electron chi connectivity index (χ4n) is 2.86. The molecule has 3 nitrogen and oxygen atoms in total. The molecular weight excluding hydrogens is 265 g/mol. The van der Waals surface area contributed by atoms with Gasteiger partial charge in [-0.05, 0) is 52.5 Å². The summed E-state index contributed by atoms with van der Waals surface area (Å²) in [5.74, 6) is 1.32. The standard InChI is InChI=1S/C17H28FN3/c1-12-7-6-8-21(13(12)2)16-14(9-15(18)11-19-16)10-20-17(3,4)5/h9,11-13,20H,6-8,10H2,1-5H3. The van der Waals surface area contributed by atoms with E-state index in [9.17, 15) is 4.39 Å². The molecule has 0 aliphatic carbocycles. The lowest BCUT2D eigenvalue weighted by atomic mass is 9.91. The average Bonchev–Trinajstić information content (AvgIpc) is 2.39. The Balaban J connectivity index is 2.25. The van der Waals surface area contributed by atoms with Crippen LogP contribution in [0.4, 0.5) is 10.2 Å². The number of nitrogens with zero attached hydrogens (tertiary/aromatic N) is 2. The van der Waals surface area contributed by atoms with Crippen LogP contribution in [0.3, 0.4) is 0 Å². The highest BCUT2D eigenvalue weighted by Gasteiger charge is 2.27. The van der Waals surface area contributed by atoms with Gasteiger partial charge in [0.15, 0.2) is 0 Å². The minimum atomic E-state index is -0.262. The summed E-state index contributed by atoms with van der Waals surface area (Å²) in [6.07, 6.45) is 3.77. The minimum absolute atomic E-state index is 0.00436. The zero-order valence-electron chi connectivity index (χ0n) is 13.9. The summed E-state index contributed by atoms with van der Waals surface area (Å²) < 4.78 is 13.6. The van der Waals surface area contributed by atoms with Crippen molar-refractivity contribution in [1.82, 2.24) is 10.3 Å². The Kier molecular flexibility index (Phi) is 4.87. The van der Waals surface area contributed by atoms with E-state index in [1.807, 2.05) is 0 Å². The summed E-state index contributed by atoms with van der Waals surface area (Å²) in [5, 5.41) is 3.44. The first-order chi connectivity index (χ1) is 9.78. The molecular formula is C17H28FN3. The van der Waals surface area contributed by atoms with Crippen molar-refractivity contribution in [2.45, 2.75) is 65.6 Å². The number of hydrogen-bond donors (Lipinski definition) is 1. The summed E-state index contributed by atoms with van der Waals surface area (Å²) in [4.78, 5) is 6.74. The number of hydrogen-bond acceptors (Lipinski definition) is 3. The van der Waals surface area contributed by atoms with Crippen molar-refractivity contribution < 1.29 is 4.39 Å². The zero-order chi connectivity index (χ0) is 15.6. The highest BCUT2D eigenvalue weighted by atomic mass is 19.1. The predicted molar refractivity (Wildman–Crippen MR) is 86.0 cm³/mol. The predicted octanol–water partition coefficient (Wildman–Crippen LogP) is 3.73. The molecule has 1 aromatic rings. The summed E-state index contributed by atoms with van der Waals surface area (Å²) in [5.41, 5.74) is 0.954. The maximum absolute atomic E-state index is 13.6. The average molecular weight is 293 g/mol. The molecule has 1 aliphatic heterocycles. The zero-order valence-corrected chi connectivity index (χ0v) is 13.9. The Morgan fingerprint density at radius 3 is 2.76 bits per heavy atom. The molecule has 0 aromatic carbocycles. The van der Waals surface area contributed by atoms with Crippen molar-refractivity contribution in [2.24, 2.45) is 5.92 Å². The smallest absolute Gasteiger partial charge is 0.141 e. The molecule has 2 heterocycles. The fourth-order valence-corrected chi connectivity index (χ4v) is 2.86. The second-order valence-electron chi connectivity index (χ2n) is 7.29.